The zero-order valence-electron chi connectivity index (χ0n) is 18.3. The quantitative estimate of drug-likeness (QED) is 0.285. The number of hydrogen-bond acceptors (Lipinski definition) is 2. The second kappa shape index (κ2) is 6.80. The van der Waals surface area contributed by atoms with Gasteiger partial charge in [0.2, 0.25) is 0 Å². The minimum atomic E-state index is 0.834. The van der Waals surface area contributed by atoms with E-state index in [0.29, 0.717) is 0 Å². The van der Waals surface area contributed by atoms with E-state index >= 15 is 0 Å². The van der Waals surface area contributed by atoms with Crippen LogP contribution in [0, 0.1) is 12.8 Å². The maximum absolute atomic E-state index is 6.38. The van der Waals surface area contributed by atoms with Crippen LogP contribution in [0.25, 0.3) is 32.7 Å². The molecule has 2 aliphatic rings. The Labute approximate surface area is 187 Å². The lowest BCUT2D eigenvalue weighted by Gasteiger charge is -2.13. The van der Waals surface area contributed by atoms with Crippen molar-refractivity contribution in [2.75, 3.05) is 0 Å². The summed E-state index contributed by atoms with van der Waals surface area (Å²) in [5, 5.41) is 5.02. The van der Waals surface area contributed by atoms with Crippen molar-refractivity contribution in [3.63, 3.8) is 0 Å². The Morgan fingerprint density at radius 3 is 2.59 bits per heavy atom. The van der Waals surface area contributed by atoms with Crippen LogP contribution in [0.2, 0.25) is 0 Å². The molecular weight excluding hydrogens is 390 g/mol. The molecule has 1 fully saturated rings. The lowest BCUT2D eigenvalue weighted by atomic mass is 9.90. The van der Waals surface area contributed by atoms with E-state index in [1.54, 1.807) is 0 Å². The van der Waals surface area contributed by atoms with Crippen LogP contribution in [-0.2, 0) is 6.42 Å². The van der Waals surface area contributed by atoms with Crippen LogP contribution >= 0.6 is 0 Å². The lowest BCUT2D eigenvalue weighted by molar-refractivity contribution is 0.548. The molecule has 1 aliphatic carbocycles. The summed E-state index contributed by atoms with van der Waals surface area (Å²) in [7, 11) is 0. The smallest absolute Gasteiger partial charge is 0.144 e. The van der Waals surface area contributed by atoms with E-state index in [0.717, 1.165) is 34.0 Å². The Kier molecular flexibility index (Phi) is 3.87. The van der Waals surface area contributed by atoms with Crippen LogP contribution < -0.4 is 0 Å². The molecule has 0 bridgehead atoms. The number of aryl methyl sites for hydroxylation is 1. The SMILES string of the molecule is Cc1cc(C2=Nc3ccc(CC4CCCC4)c4cccc2c34)c2oc3ccccc3c2c1. The Morgan fingerprint density at radius 1 is 0.844 bits per heavy atom. The van der Waals surface area contributed by atoms with Crippen molar-refractivity contribution in [2.24, 2.45) is 10.9 Å². The number of furan rings is 1. The van der Waals surface area contributed by atoms with Crippen molar-refractivity contribution in [2.45, 2.75) is 39.0 Å². The summed E-state index contributed by atoms with van der Waals surface area (Å²) in [4.78, 5) is 5.16. The Bertz CT molecular complexity index is 1560. The predicted octanol–water partition coefficient (Wildman–Crippen LogP) is 8.26. The van der Waals surface area contributed by atoms with Crippen molar-refractivity contribution >= 4 is 44.1 Å². The molecule has 0 amide bonds. The van der Waals surface area contributed by atoms with Gasteiger partial charge in [-0.2, -0.15) is 0 Å². The van der Waals surface area contributed by atoms with Crippen molar-refractivity contribution < 1.29 is 4.42 Å². The number of nitrogens with zero attached hydrogens (tertiary/aromatic N) is 1. The molecule has 156 valence electrons. The van der Waals surface area contributed by atoms with Crippen molar-refractivity contribution in [3.8, 4) is 0 Å². The highest BCUT2D eigenvalue weighted by Gasteiger charge is 2.25. The van der Waals surface area contributed by atoms with E-state index in [1.165, 1.54) is 70.3 Å². The Hall–Kier alpha value is -3.39. The van der Waals surface area contributed by atoms with Gasteiger partial charge in [0.05, 0.1) is 11.4 Å². The monoisotopic (exact) mass is 415 g/mol. The fourth-order valence-corrected chi connectivity index (χ4v) is 5.98. The summed E-state index contributed by atoms with van der Waals surface area (Å²) in [5.74, 6) is 0.834. The van der Waals surface area contributed by atoms with Gasteiger partial charge in [-0.1, -0.05) is 68.1 Å². The first-order chi connectivity index (χ1) is 15.8. The van der Waals surface area contributed by atoms with Crippen LogP contribution in [-0.4, -0.2) is 5.71 Å². The van der Waals surface area contributed by atoms with Gasteiger partial charge in [0, 0.05) is 27.3 Å². The molecule has 7 rings (SSSR count). The van der Waals surface area contributed by atoms with Crippen LogP contribution in [0.1, 0.15) is 47.9 Å². The van der Waals surface area contributed by atoms with Gasteiger partial charge in [0.25, 0.3) is 0 Å². The number of aliphatic imine (C=N–C) groups is 1. The van der Waals surface area contributed by atoms with Gasteiger partial charge in [0.15, 0.2) is 0 Å². The normalized spacial score (nSPS) is 16.0. The number of benzene rings is 4. The summed E-state index contributed by atoms with van der Waals surface area (Å²) in [6.45, 7) is 2.16. The zero-order valence-corrected chi connectivity index (χ0v) is 18.3. The van der Waals surface area contributed by atoms with Crippen molar-refractivity contribution in [3.05, 3.63) is 89.0 Å². The van der Waals surface area contributed by atoms with Crippen molar-refractivity contribution in [1.82, 2.24) is 0 Å². The average Bonchev–Trinajstić information content (AvgIpc) is 3.54. The number of rotatable bonds is 3. The third kappa shape index (κ3) is 2.62. The van der Waals surface area contributed by atoms with Gasteiger partial charge in [-0.25, -0.2) is 4.99 Å². The summed E-state index contributed by atoms with van der Waals surface area (Å²) in [6.07, 6.45) is 6.71. The van der Waals surface area contributed by atoms with Gasteiger partial charge in [-0.3, -0.25) is 0 Å². The summed E-state index contributed by atoms with van der Waals surface area (Å²) < 4.78 is 6.38. The molecule has 0 N–H and O–H groups in total. The minimum absolute atomic E-state index is 0.834. The highest BCUT2D eigenvalue weighted by Crippen LogP contribution is 2.42. The molecule has 0 unspecified atom stereocenters. The van der Waals surface area contributed by atoms with Crippen LogP contribution in [0.4, 0.5) is 5.69 Å². The topological polar surface area (TPSA) is 25.5 Å². The van der Waals surface area contributed by atoms with Gasteiger partial charge in [-0.15, -0.1) is 0 Å². The third-order valence-corrected chi connectivity index (χ3v) is 7.46. The first-order valence-corrected chi connectivity index (χ1v) is 11.8. The van der Waals surface area contributed by atoms with E-state index < -0.39 is 0 Å². The molecule has 0 spiro atoms. The van der Waals surface area contributed by atoms with E-state index in [-0.39, 0.29) is 0 Å². The lowest BCUT2D eigenvalue weighted by Crippen LogP contribution is -2.02. The Morgan fingerprint density at radius 2 is 1.69 bits per heavy atom. The van der Waals surface area contributed by atoms with Gasteiger partial charge in [-0.05, 0) is 60.0 Å². The minimum Gasteiger partial charge on any atom is -0.455 e. The standard InChI is InChI=1S/C30H25NO/c1-18-15-24-22-9-4-5-12-27(22)32-30(24)25(16-18)29-23-11-6-10-21-20(17-19-7-2-3-8-19)13-14-26(31-29)28(21)23/h4-6,9-16,19H,2-3,7-8,17H2,1H3. The number of hydrogen-bond donors (Lipinski definition) is 0. The average molecular weight is 416 g/mol. The maximum Gasteiger partial charge on any atom is 0.144 e. The molecule has 0 radical (unpaired) electrons. The van der Waals surface area contributed by atoms with E-state index in [9.17, 15) is 0 Å². The van der Waals surface area contributed by atoms with Crippen LogP contribution in [0.15, 0.2) is 76.1 Å². The summed E-state index contributed by atoms with van der Waals surface area (Å²) in [5.41, 5.74) is 9.03. The number of para-hydroxylation sites is 1. The highest BCUT2D eigenvalue weighted by atomic mass is 16.3. The molecule has 5 aromatic rings. The molecule has 1 aromatic heterocycles. The largest absolute Gasteiger partial charge is 0.455 e. The van der Waals surface area contributed by atoms with E-state index in [2.05, 4.69) is 67.6 Å². The van der Waals surface area contributed by atoms with Gasteiger partial charge < -0.3 is 4.42 Å². The molecule has 32 heavy (non-hydrogen) atoms. The molecule has 1 saturated carbocycles. The van der Waals surface area contributed by atoms with E-state index in [4.69, 9.17) is 9.41 Å². The second-order valence-electron chi connectivity index (χ2n) is 9.57. The first-order valence-electron chi connectivity index (χ1n) is 11.8. The van der Waals surface area contributed by atoms with Gasteiger partial charge in [0.1, 0.15) is 11.2 Å². The maximum atomic E-state index is 6.38. The fraction of sp³-hybridized carbons (Fsp3) is 0.233. The molecular formula is C30H25NO. The second-order valence-corrected chi connectivity index (χ2v) is 9.57. The van der Waals surface area contributed by atoms with Crippen molar-refractivity contribution in [1.29, 1.82) is 0 Å². The third-order valence-electron chi connectivity index (χ3n) is 7.46. The molecule has 2 heterocycles. The fourth-order valence-electron chi connectivity index (χ4n) is 5.98. The van der Waals surface area contributed by atoms with Crippen LogP contribution in [0.5, 0.6) is 0 Å². The summed E-state index contributed by atoms with van der Waals surface area (Å²) in [6, 6.07) is 24.0. The van der Waals surface area contributed by atoms with Crippen LogP contribution in [0.3, 0.4) is 0 Å². The van der Waals surface area contributed by atoms with Gasteiger partial charge >= 0.3 is 0 Å². The molecule has 0 atom stereocenters. The molecule has 1 aliphatic heterocycles. The molecule has 0 saturated heterocycles. The number of fused-ring (bicyclic) bond motifs is 3. The molecule has 2 heteroatoms. The van der Waals surface area contributed by atoms with E-state index in [1.807, 2.05) is 6.07 Å². The Balaban J connectivity index is 1.43. The summed E-state index contributed by atoms with van der Waals surface area (Å²) >= 11 is 0. The first kappa shape index (κ1) is 18.2. The zero-order chi connectivity index (χ0) is 21.2. The molecule has 4 aromatic carbocycles. The predicted molar refractivity (Wildman–Crippen MR) is 133 cm³/mol. The molecule has 2 nitrogen and oxygen atoms in total. The highest BCUT2D eigenvalue weighted by molar-refractivity contribution is 6.30.